The number of rotatable bonds is 5. The van der Waals surface area contributed by atoms with Crippen LogP contribution in [0.25, 0.3) is 0 Å². The Morgan fingerprint density at radius 3 is 2.19 bits per heavy atom. The van der Waals surface area contributed by atoms with Gasteiger partial charge in [0.15, 0.2) is 0 Å². The molecule has 1 atom stereocenters. The molecule has 4 rings (SSSR count). The first-order chi connectivity index (χ1) is 15.4. The minimum atomic E-state index is -3.92. The second kappa shape index (κ2) is 9.38. The molecule has 0 radical (unpaired) electrons. The van der Waals surface area contributed by atoms with Gasteiger partial charge in [-0.3, -0.25) is 9.59 Å². The first-order valence-electron chi connectivity index (χ1n) is 10.8. The normalized spacial score (nSPS) is 19.7. The molecule has 2 heterocycles. The zero-order chi connectivity index (χ0) is 22.7. The van der Waals surface area contributed by atoms with Crippen LogP contribution in [-0.2, 0) is 14.8 Å². The molecule has 9 heteroatoms. The molecule has 2 aliphatic heterocycles. The van der Waals surface area contributed by atoms with Crippen molar-refractivity contribution in [1.82, 2.24) is 9.21 Å². The van der Waals surface area contributed by atoms with E-state index in [1.807, 2.05) is 4.90 Å². The molecular weight excluding hydrogens is 433 g/mol. The fraction of sp³-hybridized carbons (Fsp3) is 0.391. The lowest BCUT2D eigenvalue weighted by Crippen LogP contribution is -2.43. The summed E-state index contributed by atoms with van der Waals surface area (Å²) in [5.74, 6) is -0.972. The van der Waals surface area contributed by atoms with E-state index in [0.717, 1.165) is 44.5 Å². The summed E-state index contributed by atoms with van der Waals surface area (Å²) in [6.07, 6.45) is 4.13. The molecular formula is C23H26FN3O4S. The largest absolute Gasteiger partial charge is 0.339 e. The van der Waals surface area contributed by atoms with Gasteiger partial charge in [0.25, 0.3) is 5.91 Å². The van der Waals surface area contributed by atoms with Crippen molar-refractivity contribution in [1.29, 1.82) is 0 Å². The predicted molar refractivity (Wildman–Crippen MR) is 118 cm³/mol. The molecule has 0 aliphatic carbocycles. The lowest BCUT2D eigenvalue weighted by Gasteiger charge is -2.26. The van der Waals surface area contributed by atoms with E-state index >= 15 is 0 Å². The van der Waals surface area contributed by atoms with E-state index < -0.39 is 27.8 Å². The predicted octanol–water partition coefficient (Wildman–Crippen LogP) is 3.24. The average Bonchev–Trinajstić information content (AvgIpc) is 3.31. The molecule has 1 N–H and O–H groups in total. The second-order valence-electron chi connectivity index (χ2n) is 8.15. The van der Waals surface area contributed by atoms with Crippen LogP contribution in [0.15, 0.2) is 53.4 Å². The van der Waals surface area contributed by atoms with Gasteiger partial charge in [0.1, 0.15) is 11.9 Å². The van der Waals surface area contributed by atoms with E-state index in [-0.39, 0.29) is 17.3 Å². The van der Waals surface area contributed by atoms with Crippen LogP contribution in [0.4, 0.5) is 10.1 Å². The number of benzene rings is 2. The lowest BCUT2D eigenvalue weighted by atomic mass is 10.1. The highest BCUT2D eigenvalue weighted by Crippen LogP contribution is 2.27. The molecule has 32 heavy (non-hydrogen) atoms. The molecule has 2 saturated heterocycles. The molecule has 0 bridgehead atoms. The number of halogens is 1. The van der Waals surface area contributed by atoms with Crippen LogP contribution in [-0.4, -0.2) is 55.1 Å². The molecule has 2 aliphatic rings. The Labute approximate surface area is 187 Å². The average molecular weight is 460 g/mol. The van der Waals surface area contributed by atoms with Crippen molar-refractivity contribution in [2.75, 3.05) is 25.0 Å². The second-order valence-corrected chi connectivity index (χ2v) is 10.0. The smallest absolute Gasteiger partial charge is 0.253 e. The first kappa shape index (κ1) is 22.4. The van der Waals surface area contributed by atoms with Crippen LogP contribution in [0.1, 0.15) is 42.5 Å². The van der Waals surface area contributed by atoms with E-state index in [2.05, 4.69) is 5.32 Å². The summed E-state index contributed by atoms with van der Waals surface area (Å²) >= 11 is 0. The highest BCUT2D eigenvalue weighted by atomic mass is 32.2. The number of piperidine rings is 1. The number of carbonyl (C=O) groups is 2. The maximum absolute atomic E-state index is 13.2. The molecule has 2 amide bonds. The Balaban J connectivity index is 1.43. The summed E-state index contributed by atoms with van der Waals surface area (Å²) in [5, 5.41) is 2.76. The molecule has 0 saturated carbocycles. The minimum Gasteiger partial charge on any atom is -0.339 e. The summed E-state index contributed by atoms with van der Waals surface area (Å²) in [7, 11) is -3.92. The Morgan fingerprint density at radius 1 is 0.875 bits per heavy atom. The topological polar surface area (TPSA) is 86.8 Å². The van der Waals surface area contributed by atoms with Crippen molar-refractivity contribution >= 4 is 27.5 Å². The fourth-order valence-corrected chi connectivity index (χ4v) is 5.89. The first-order valence-corrected chi connectivity index (χ1v) is 12.3. The third-order valence-electron chi connectivity index (χ3n) is 5.97. The van der Waals surface area contributed by atoms with Crippen molar-refractivity contribution in [2.45, 2.75) is 43.0 Å². The molecule has 0 unspecified atom stereocenters. The van der Waals surface area contributed by atoms with Gasteiger partial charge in [0.05, 0.1) is 4.90 Å². The molecule has 7 nitrogen and oxygen atoms in total. The van der Waals surface area contributed by atoms with Gasteiger partial charge in [-0.1, -0.05) is 0 Å². The standard InChI is InChI=1S/C23H26FN3O4S/c24-18-8-12-20(13-9-18)32(30,31)27-16-4-5-21(27)22(28)25-19-10-6-17(7-11-19)23(29)26-14-2-1-3-15-26/h6-13,21H,1-5,14-16H2,(H,25,28)/t21-/m1/s1. The summed E-state index contributed by atoms with van der Waals surface area (Å²) in [5.41, 5.74) is 1.06. The van der Waals surface area contributed by atoms with E-state index in [4.69, 9.17) is 0 Å². The number of hydrogen-bond acceptors (Lipinski definition) is 4. The van der Waals surface area contributed by atoms with E-state index in [0.29, 0.717) is 24.1 Å². The van der Waals surface area contributed by atoms with Crippen LogP contribution in [0, 0.1) is 5.82 Å². The number of amides is 2. The van der Waals surface area contributed by atoms with Gasteiger partial charge in [-0.25, -0.2) is 12.8 Å². The van der Waals surface area contributed by atoms with Crippen LogP contribution < -0.4 is 5.32 Å². The van der Waals surface area contributed by atoms with Gasteiger partial charge in [-0.2, -0.15) is 4.31 Å². The Morgan fingerprint density at radius 2 is 1.53 bits per heavy atom. The molecule has 2 aromatic carbocycles. The quantitative estimate of drug-likeness (QED) is 0.744. The molecule has 2 fully saturated rings. The summed E-state index contributed by atoms with van der Waals surface area (Å²) < 4.78 is 40.3. The number of hydrogen-bond donors (Lipinski definition) is 1. The lowest BCUT2D eigenvalue weighted by molar-refractivity contribution is -0.119. The summed E-state index contributed by atoms with van der Waals surface area (Å²) in [6.45, 7) is 1.75. The highest BCUT2D eigenvalue weighted by molar-refractivity contribution is 7.89. The van der Waals surface area contributed by atoms with Gasteiger partial charge in [-0.05, 0) is 80.6 Å². The van der Waals surface area contributed by atoms with Crippen LogP contribution in [0.3, 0.4) is 0 Å². The van der Waals surface area contributed by atoms with Gasteiger partial charge < -0.3 is 10.2 Å². The van der Waals surface area contributed by atoms with E-state index in [9.17, 15) is 22.4 Å². The fourth-order valence-electron chi connectivity index (χ4n) is 4.23. The molecule has 2 aromatic rings. The molecule has 0 spiro atoms. The van der Waals surface area contributed by atoms with Crippen LogP contribution in [0.2, 0.25) is 0 Å². The zero-order valence-corrected chi connectivity index (χ0v) is 18.5. The third kappa shape index (κ3) is 4.68. The number of nitrogens with zero attached hydrogens (tertiary/aromatic N) is 2. The van der Waals surface area contributed by atoms with Crippen molar-refractivity contribution in [2.24, 2.45) is 0 Å². The minimum absolute atomic E-state index is 0.0186. The number of likely N-dealkylation sites (tertiary alicyclic amines) is 1. The van der Waals surface area contributed by atoms with Gasteiger partial charge >= 0.3 is 0 Å². The number of anilines is 1. The maximum atomic E-state index is 13.2. The van der Waals surface area contributed by atoms with Gasteiger partial charge in [0.2, 0.25) is 15.9 Å². The Hall–Kier alpha value is -2.78. The monoisotopic (exact) mass is 459 g/mol. The molecule has 170 valence electrons. The number of sulfonamides is 1. The Kier molecular flexibility index (Phi) is 6.57. The van der Waals surface area contributed by atoms with E-state index in [1.54, 1.807) is 24.3 Å². The zero-order valence-electron chi connectivity index (χ0n) is 17.7. The molecule has 0 aromatic heterocycles. The van der Waals surface area contributed by atoms with Crippen molar-refractivity contribution in [3.63, 3.8) is 0 Å². The van der Waals surface area contributed by atoms with Crippen molar-refractivity contribution in [3.05, 3.63) is 59.9 Å². The third-order valence-corrected chi connectivity index (χ3v) is 7.89. The Bertz CT molecular complexity index is 1080. The van der Waals surface area contributed by atoms with E-state index in [1.165, 1.54) is 16.4 Å². The van der Waals surface area contributed by atoms with Gasteiger partial charge in [-0.15, -0.1) is 0 Å². The van der Waals surface area contributed by atoms with Crippen molar-refractivity contribution < 1.29 is 22.4 Å². The summed E-state index contributed by atoms with van der Waals surface area (Å²) in [4.78, 5) is 27.3. The maximum Gasteiger partial charge on any atom is 0.253 e. The van der Waals surface area contributed by atoms with Crippen molar-refractivity contribution in [3.8, 4) is 0 Å². The number of nitrogens with one attached hydrogen (secondary N) is 1. The highest BCUT2D eigenvalue weighted by Gasteiger charge is 2.39. The SMILES string of the molecule is O=C(Nc1ccc(C(=O)N2CCCCC2)cc1)[C@H]1CCCN1S(=O)(=O)c1ccc(F)cc1. The summed E-state index contributed by atoms with van der Waals surface area (Å²) in [6, 6.07) is 10.4. The van der Waals surface area contributed by atoms with Gasteiger partial charge in [0, 0.05) is 30.9 Å². The van der Waals surface area contributed by atoms with Crippen LogP contribution >= 0.6 is 0 Å². The van der Waals surface area contributed by atoms with Crippen LogP contribution in [0.5, 0.6) is 0 Å². The number of carbonyl (C=O) groups excluding carboxylic acids is 2.